The zero-order chi connectivity index (χ0) is 18.0. The van der Waals surface area contributed by atoms with E-state index in [0.717, 1.165) is 19.3 Å². The van der Waals surface area contributed by atoms with Crippen LogP contribution < -0.4 is 0 Å². The Morgan fingerprint density at radius 1 is 1.28 bits per heavy atom. The highest BCUT2D eigenvalue weighted by Gasteiger charge is 2.62. The Bertz CT molecular complexity index is 705. The summed E-state index contributed by atoms with van der Waals surface area (Å²) in [6.07, 6.45) is 11.0. The van der Waals surface area contributed by atoms with E-state index in [9.17, 15) is 9.70 Å². The van der Waals surface area contributed by atoms with Gasteiger partial charge in [-0.3, -0.25) is 4.79 Å². The summed E-state index contributed by atoms with van der Waals surface area (Å²) in [6, 6.07) is -0.169. The van der Waals surface area contributed by atoms with E-state index in [1.165, 1.54) is 24.0 Å². The first kappa shape index (κ1) is 16.9. The predicted molar refractivity (Wildman–Crippen MR) is 99.9 cm³/mol. The van der Waals surface area contributed by atoms with E-state index in [0.29, 0.717) is 17.8 Å². The van der Waals surface area contributed by atoms with Gasteiger partial charge in [0.25, 0.3) is 0 Å². The first-order valence-corrected chi connectivity index (χ1v) is 9.73. The Balaban J connectivity index is 1.77. The van der Waals surface area contributed by atoms with E-state index in [-0.39, 0.29) is 28.6 Å². The average Bonchev–Trinajstić information content (AvgIpc) is 2.91. The maximum absolute atomic E-state index is 11.9. The largest absolute Gasteiger partial charge is 0.290 e. The van der Waals surface area contributed by atoms with Crippen molar-refractivity contribution in [1.82, 2.24) is 0 Å². The van der Waals surface area contributed by atoms with Crippen molar-refractivity contribution >= 4 is 5.78 Å². The van der Waals surface area contributed by atoms with Crippen LogP contribution in [0.25, 0.3) is 0 Å². The summed E-state index contributed by atoms with van der Waals surface area (Å²) < 4.78 is 0. The molecule has 134 valence electrons. The molecule has 25 heavy (non-hydrogen) atoms. The van der Waals surface area contributed by atoms with Crippen LogP contribution >= 0.6 is 0 Å². The lowest BCUT2D eigenvalue weighted by atomic mass is 9.46. The molecule has 0 bridgehead atoms. The molecule has 4 rings (SSSR count). The zero-order valence-electron chi connectivity index (χ0n) is 15.6. The molecule has 0 saturated heterocycles. The fourth-order valence-corrected chi connectivity index (χ4v) is 7.24. The number of rotatable bonds is 2. The van der Waals surface area contributed by atoms with Crippen LogP contribution in [0.2, 0.25) is 0 Å². The lowest BCUT2D eigenvalue weighted by Crippen LogP contribution is -2.55. The van der Waals surface area contributed by atoms with Gasteiger partial charge in [-0.1, -0.05) is 42.8 Å². The van der Waals surface area contributed by atoms with Gasteiger partial charge >= 0.3 is 0 Å². The van der Waals surface area contributed by atoms with Gasteiger partial charge < -0.3 is 0 Å². The van der Waals surface area contributed by atoms with E-state index < -0.39 is 0 Å². The standard InChI is InChI=1S/C22H29NO2/c1-13(2)17-7-8-18-16-6-5-14-11-15(24)9-10-21(14,3)20(16)19(23-25)12-22(17,18)4/h9-11,16-20H,1,5-8,12H2,2-4H3/t16?,17?,18?,19-,20?,21?,22+/m0/s1. The van der Waals surface area contributed by atoms with Gasteiger partial charge in [0.1, 0.15) is 0 Å². The van der Waals surface area contributed by atoms with Crippen molar-refractivity contribution in [1.29, 1.82) is 0 Å². The van der Waals surface area contributed by atoms with Gasteiger partial charge in [0, 0.05) is 11.3 Å². The first-order chi connectivity index (χ1) is 11.8. The topological polar surface area (TPSA) is 46.5 Å². The third kappa shape index (κ3) is 2.20. The molecule has 0 radical (unpaired) electrons. The van der Waals surface area contributed by atoms with Gasteiger partial charge in [0.15, 0.2) is 5.78 Å². The summed E-state index contributed by atoms with van der Waals surface area (Å²) in [5.41, 5.74) is 2.45. The predicted octanol–water partition coefficient (Wildman–Crippen LogP) is 5.23. The molecule has 3 heteroatoms. The van der Waals surface area contributed by atoms with E-state index in [1.54, 1.807) is 6.08 Å². The number of fused-ring (bicyclic) bond motifs is 5. The molecule has 4 aliphatic rings. The highest BCUT2D eigenvalue weighted by atomic mass is 16.3. The van der Waals surface area contributed by atoms with E-state index in [2.05, 4.69) is 38.6 Å². The molecule has 0 aliphatic heterocycles. The molecule has 7 atom stereocenters. The number of hydrogen-bond acceptors (Lipinski definition) is 3. The Morgan fingerprint density at radius 3 is 2.72 bits per heavy atom. The van der Waals surface area contributed by atoms with Crippen molar-refractivity contribution in [3.63, 3.8) is 0 Å². The van der Waals surface area contributed by atoms with E-state index >= 15 is 0 Å². The lowest BCUT2D eigenvalue weighted by molar-refractivity contribution is -0.111. The van der Waals surface area contributed by atoms with E-state index in [4.69, 9.17) is 0 Å². The van der Waals surface area contributed by atoms with Crippen LogP contribution in [0, 0.1) is 39.4 Å². The minimum absolute atomic E-state index is 0.0883. The average molecular weight is 339 g/mol. The summed E-state index contributed by atoms with van der Waals surface area (Å²) in [4.78, 5) is 23.8. The Hall–Kier alpha value is -1.51. The molecular formula is C22H29NO2. The quantitative estimate of drug-likeness (QED) is 0.511. The van der Waals surface area contributed by atoms with Crippen LogP contribution in [0.5, 0.6) is 0 Å². The van der Waals surface area contributed by atoms with Crippen molar-refractivity contribution in [3.05, 3.63) is 40.9 Å². The van der Waals surface area contributed by atoms with Crippen LogP contribution in [-0.2, 0) is 4.79 Å². The second-order valence-electron chi connectivity index (χ2n) is 9.38. The molecule has 0 N–H and O–H groups in total. The van der Waals surface area contributed by atoms with Crippen molar-refractivity contribution in [2.24, 2.45) is 39.7 Å². The third-order valence-electron chi connectivity index (χ3n) is 8.22. The molecule has 0 amide bonds. The minimum atomic E-state index is -0.182. The lowest BCUT2D eigenvalue weighted by Gasteiger charge is -2.58. The number of nitrogens with zero attached hydrogens (tertiary/aromatic N) is 1. The van der Waals surface area contributed by atoms with Crippen LogP contribution in [0.1, 0.15) is 52.9 Å². The smallest absolute Gasteiger partial charge is 0.178 e. The molecule has 3 nitrogen and oxygen atoms in total. The molecule has 0 aromatic heterocycles. The van der Waals surface area contributed by atoms with Crippen molar-refractivity contribution in [3.8, 4) is 0 Å². The first-order valence-electron chi connectivity index (χ1n) is 9.73. The Kier molecular flexibility index (Phi) is 3.72. The monoisotopic (exact) mass is 339 g/mol. The number of carbonyl (C=O) groups excluding carboxylic acids is 1. The zero-order valence-corrected chi connectivity index (χ0v) is 15.6. The van der Waals surface area contributed by atoms with Crippen LogP contribution in [0.4, 0.5) is 0 Å². The van der Waals surface area contributed by atoms with E-state index in [1.807, 2.05) is 6.08 Å². The molecule has 3 saturated carbocycles. The Labute approximate surface area is 150 Å². The summed E-state index contributed by atoms with van der Waals surface area (Å²) in [5, 5.41) is 3.66. The highest BCUT2D eigenvalue weighted by Crippen LogP contribution is 2.67. The fraction of sp³-hybridized carbons (Fsp3) is 0.682. The molecule has 3 fully saturated rings. The van der Waals surface area contributed by atoms with Crippen molar-refractivity contribution in [2.45, 2.75) is 58.9 Å². The molecular weight excluding hydrogens is 310 g/mol. The number of carbonyl (C=O) groups is 1. The number of ketones is 1. The normalized spacial score (nSPS) is 48.2. The summed E-state index contributed by atoms with van der Waals surface area (Å²) in [7, 11) is 0. The van der Waals surface area contributed by atoms with Crippen LogP contribution in [-0.4, -0.2) is 11.8 Å². The van der Waals surface area contributed by atoms with Gasteiger partial charge in [0.05, 0.1) is 6.04 Å². The number of hydrogen-bond donors (Lipinski definition) is 0. The maximum Gasteiger partial charge on any atom is 0.178 e. The van der Waals surface area contributed by atoms with Gasteiger partial charge in [-0.25, -0.2) is 0 Å². The molecule has 0 spiro atoms. The maximum atomic E-state index is 11.9. The second-order valence-corrected chi connectivity index (χ2v) is 9.38. The summed E-state index contributed by atoms with van der Waals surface area (Å²) in [5.74, 6) is 1.99. The molecule has 0 aromatic carbocycles. The molecule has 0 heterocycles. The van der Waals surface area contributed by atoms with Crippen molar-refractivity contribution in [2.75, 3.05) is 0 Å². The highest BCUT2D eigenvalue weighted by molar-refractivity contribution is 6.01. The summed E-state index contributed by atoms with van der Waals surface area (Å²) >= 11 is 0. The van der Waals surface area contributed by atoms with Gasteiger partial charge in [-0.15, -0.1) is 0 Å². The molecule has 5 unspecified atom stereocenters. The SMILES string of the molecule is C=C(C)C1CCC2C3CCC4=CC(=O)C=CC4(C)C3[C@@H](N=O)C[C@]12C. The summed E-state index contributed by atoms with van der Waals surface area (Å²) in [6.45, 7) is 11.0. The Morgan fingerprint density at radius 2 is 2.04 bits per heavy atom. The number of allylic oxidation sites excluding steroid dienone is 5. The van der Waals surface area contributed by atoms with Crippen LogP contribution in [0.15, 0.2) is 41.1 Å². The third-order valence-corrected chi connectivity index (χ3v) is 8.22. The number of nitroso groups, excluding NO2 is 1. The molecule has 4 aliphatic carbocycles. The van der Waals surface area contributed by atoms with Gasteiger partial charge in [-0.2, -0.15) is 4.91 Å². The van der Waals surface area contributed by atoms with Crippen LogP contribution in [0.3, 0.4) is 0 Å². The second kappa shape index (κ2) is 5.49. The van der Waals surface area contributed by atoms with Gasteiger partial charge in [0.2, 0.25) is 0 Å². The minimum Gasteiger partial charge on any atom is -0.290 e. The van der Waals surface area contributed by atoms with Gasteiger partial charge in [-0.05, 0) is 74.3 Å². The molecule has 0 aromatic rings. The van der Waals surface area contributed by atoms with Crippen molar-refractivity contribution < 1.29 is 4.79 Å². The fourth-order valence-electron chi connectivity index (χ4n) is 7.24.